The Kier molecular flexibility index (Phi) is 12.8. The Hall–Kier alpha value is -1.92. The molecule has 6 aliphatic rings. The third-order valence-electron chi connectivity index (χ3n) is 11.7. The van der Waals surface area contributed by atoms with Crippen LogP contribution in [0.25, 0.3) is 0 Å². The molecule has 256 valence electrons. The van der Waals surface area contributed by atoms with E-state index in [0.717, 1.165) is 45.5 Å². The molecule has 0 spiro atoms. The van der Waals surface area contributed by atoms with E-state index >= 15 is 0 Å². The number of cyclic esters (lactones) is 1. The van der Waals surface area contributed by atoms with E-state index in [1.54, 1.807) is 6.08 Å². The molecule has 2 saturated carbocycles. The highest BCUT2D eigenvalue weighted by molar-refractivity contribution is 5.98. The van der Waals surface area contributed by atoms with Crippen LogP contribution < -0.4 is 0 Å². The van der Waals surface area contributed by atoms with Crippen LogP contribution >= 0.6 is 0 Å². The Bertz CT molecular complexity index is 1150. The van der Waals surface area contributed by atoms with Crippen LogP contribution in [0.4, 0.5) is 0 Å². The van der Waals surface area contributed by atoms with Crippen molar-refractivity contribution in [3.05, 3.63) is 34.9 Å². The Labute approximate surface area is 268 Å². The lowest BCUT2D eigenvalue weighted by Gasteiger charge is -2.58. The van der Waals surface area contributed by atoms with Gasteiger partial charge in [-0.1, -0.05) is 37.6 Å². The van der Waals surface area contributed by atoms with E-state index in [9.17, 15) is 24.9 Å². The quantitative estimate of drug-likeness (QED) is 0.224. The first-order valence-corrected chi connectivity index (χ1v) is 16.0. The van der Waals surface area contributed by atoms with Gasteiger partial charge in [-0.05, 0) is 87.5 Å². The maximum Gasteiger partial charge on any atom is 0.336 e. The van der Waals surface area contributed by atoms with Gasteiger partial charge >= 0.3 is 5.97 Å². The molecule has 0 aromatic rings. The molecule has 3 fully saturated rings. The van der Waals surface area contributed by atoms with Gasteiger partial charge in [-0.2, -0.15) is 0 Å². The number of esters is 1. The lowest BCUT2D eigenvalue weighted by molar-refractivity contribution is -0.232. The standard InChI is InChI=1S/C32H44O8.2CH4O.CH4/c1-17-11-21(40-29(37)23(17)16-39-30-26(34)13-20(33)15-38-30)12-19-8-10-24-22-9-7-18-5-4-6-27(35)31(18,2)25(22)14-28(36)32(19,24)3;2*1-2;/h4,6-7,19-22,24-26,28,30,33-34,36H,5,8-16H2,1-3H3;2*2H,1H3;1H4/t19?,20-,21?,22+,24?,25?,26+,28-,30+,31+,32-;;;/m1.../s1. The molecule has 2 aliphatic heterocycles. The number of ketones is 1. The smallest absolute Gasteiger partial charge is 0.336 e. The second-order valence-electron chi connectivity index (χ2n) is 13.6. The summed E-state index contributed by atoms with van der Waals surface area (Å²) in [4.78, 5) is 26.2. The van der Waals surface area contributed by atoms with Crippen LogP contribution in [0.2, 0.25) is 0 Å². The molecule has 4 aliphatic carbocycles. The number of carbonyl (C=O) groups is 2. The lowest BCUT2D eigenvalue weighted by Crippen LogP contribution is -2.57. The number of aliphatic hydroxyl groups is 5. The van der Waals surface area contributed by atoms with Crippen molar-refractivity contribution in [2.24, 2.45) is 34.5 Å². The van der Waals surface area contributed by atoms with E-state index in [2.05, 4.69) is 19.9 Å². The molecule has 0 radical (unpaired) electrons. The zero-order chi connectivity index (χ0) is 32.4. The van der Waals surface area contributed by atoms with E-state index in [1.807, 2.05) is 13.0 Å². The average Bonchev–Trinajstić information content (AvgIpc) is 3.34. The minimum absolute atomic E-state index is 0. The highest BCUT2D eigenvalue weighted by Gasteiger charge is 2.63. The molecule has 45 heavy (non-hydrogen) atoms. The number of hydrogen-bond acceptors (Lipinski definition) is 10. The van der Waals surface area contributed by atoms with Gasteiger partial charge in [0.15, 0.2) is 12.1 Å². The van der Waals surface area contributed by atoms with E-state index in [1.165, 1.54) is 5.57 Å². The Morgan fingerprint density at radius 2 is 1.73 bits per heavy atom. The maximum atomic E-state index is 13.2. The fraction of sp³-hybridized carbons (Fsp3) is 0.771. The van der Waals surface area contributed by atoms with Crippen LogP contribution in [0.15, 0.2) is 34.9 Å². The van der Waals surface area contributed by atoms with Gasteiger partial charge < -0.3 is 39.7 Å². The summed E-state index contributed by atoms with van der Waals surface area (Å²) in [5.41, 5.74) is 1.82. The molecule has 10 nitrogen and oxygen atoms in total. The summed E-state index contributed by atoms with van der Waals surface area (Å²) in [5, 5.41) is 45.4. The van der Waals surface area contributed by atoms with Gasteiger partial charge in [0.05, 0.1) is 36.4 Å². The number of fused-ring (bicyclic) bond motifs is 5. The van der Waals surface area contributed by atoms with E-state index < -0.39 is 36.0 Å². The monoisotopic (exact) mass is 636 g/mol. The van der Waals surface area contributed by atoms with Crippen molar-refractivity contribution in [3.8, 4) is 0 Å². The largest absolute Gasteiger partial charge is 0.459 e. The number of hydrogen-bond donors (Lipinski definition) is 5. The van der Waals surface area contributed by atoms with Gasteiger partial charge in [0.25, 0.3) is 0 Å². The Morgan fingerprint density at radius 3 is 2.40 bits per heavy atom. The molecule has 4 unspecified atom stereocenters. The fourth-order valence-corrected chi connectivity index (χ4v) is 9.28. The normalized spacial score (nSPS) is 41.9. The summed E-state index contributed by atoms with van der Waals surface area (Å²) < 4.78 is 17.0. The molecule has 0 aromatic heterocycles. The molecule has 5 N–H and O–H groups in total. The summed E-state index contributed by atoms with van der Waals surface area (Å²) in [6.45, 7) is 6.34. The van der Waals surface area contributed by atoms with E-state index in [-0.39, 0.29) is 56.2 Å². The second kappa shape index (κ2) is 15.3. The van der Waals surface area contributed by atoms with Crippen LogP contribution in [-0.2, 0) is 23.8 Å². The van der Waals surface area contributed by atoms with Crippen LogP contribution in [0, 0.1) is 34.5 Å². The van der Waals surface area contributed by atoms with Crippen molar-refractivity contribution in [1.82, 2.24) is 0 Å². The van der Waals surface area contributed by atoms with Gasteiger partial charge in [-0.15, -0.1) is 0 Å². The Morgan fingerprint density at radius 1 is 1.02 bits per heavy atom. The van der Waals surface area contributed by atoms with E-state index in [0.29, 0.717) is 36.7 Å². The highest BCUT2D eigenvalue weighted by atomic mass is 16.7. The minimum atomic E-state index is -0.948. The van der Waals surface area contributed by atoms with Crippen molar-refractivity contribution < 1.29 is 49.3 Å². The first-order chi connectivity index (χ1) is 21.0. The molecular weight excluding hydrogens is 580 g/mol. The molecule has 2 heterocycles. The van der Waals surface area contributed by atoms with E-state index in [4.69, 9.17) is 24.4 Å². The average molecular weight is 637 g/mol. The van der Waals surface area contributed by atoms with Crippen molar-refractivity contribution in [2.75, 3.05) is 27.4 Å². The SMILES string of the molecule is C.CC1=C(CO[C@@H]2OC[C@H](O)C[C@@H]2O)C(=O)OC(CC2CCC3[C@@H]4CC=C5CC=CC(=O)[C@]5(C)C4C[C@@H](O)[C@]23C)C1.CO.CO. The van der Waals surface area contributed by atoms with Gasteiger partial charge in [0.1, 0.15) is 12.2 Å². The van der Waals surface area contributed by atoms with Gasteiger partial charge in [0.2, 0.25) is 0 Å². The fourth-order valence-electron chi connectivity index (χ4n) is 9.28. The first-order valence-electron chi connectivity index (χ1n) is 16.0. The van der Waals surface area contributed by atoms with Gasteiger partial charge in [-0.25, -0.2) is 4.79 Å². The molecule has 1 saturated heterocycles. The number of rotatable bonds is 5. The third-order valence-corrected chi connectivity index (χ3v) is 11.7. The van der Waals surface area contributed by atoms with Crippen molar-refractivity contribution >= 4 is 11.8 Å². The maximum absolute atomic E-state index is 13.2. The number of carbonyl (C=O) groups excluding carboxylic acids is 2. The van der Waals surface area contributed by atoms with Crippen molar-refractivity contribution in [3.63, 3.8) is 0 Å². The number of aliphatic hydroxyl groups excluding tert-OH is 5. The molecule has 11 atom stereocenters. The molecule has 10 heteroatoms. The summed E-state index contributed by atoms with van der Waals surface area (Å²) in [6.07, 6.45) is 8.68. The molecular formula is C35H56O10. The van der Waals surface area contributed by atoms with Crippen LogP contribution in [-0.4, -0.2) is 95.4 Å². The van der Waals surface area contributed by atoms with Gasteiger partial charge in [-0.3, -0.25) is 4.79 Å². The molecule has 0 amide bonds. The topological polar surface area (TPSA) is 163 Å². The third kappa shape index (κ3) is 6.75. The first kappa shape index (κ1) is 37.5. The predicted molar refractivity (Wildman–Crippen MR) is 169 cm³/mol. The predicted octanol–water partition coefficient (Wildman–Crippen LogP) is 3.24. The van der Waals surface area contributed by atoms with Crippen LogP contribution in [0.3, 0.4) is 0 Å². The summed E-state index contributed by atoms with van der Waals surface area (Å²) in [5.74, 6) is 0.884. The van der Waals surface area contributed by atoms with Crippen LogP contribution in [0.5, 0.6) is 0 Å². The number of ether oxygens (including phenoxy) is 3. The summed E-state index contributed by atoms with van der Waals surface area (Å²) in [6, 6.07) is 0. The van der Waals surface area contributed by atoms with Crippen molar-refractivity contribution in [1.29, 1.82) is 0 Å². The number of allylic oxidation sites excluding steroid dienone is 4. The zero-order valence-electron chi connectivity index (χ0n) is 26.8. The van der Waals surface area contributed by atoms with Crippen LogP contribution in [0.1, 0.15) is 79.6 Å². The summed E-state index contributed by atoms with van der Waals surface area (Å²) >= 11 is 0. The zero-order valence-corrected chi connectivity index (χ0v) is 26.8. The Balaban J connectivity index is 0.00000106. The highest BCUT2D eigenvalue weighted by Crippen LogP contribution is 2.66. The minimum Gasteiger partial charge on any atom is -0.459 e. The van der Waals surface area contributed by atoms with Gasteiger partial charge in [0, 0.05) is 27.1 Å². The second-order valence-corrected chi connectivity index (χ2v) is 13.6. The van der Waals surface area contributed by atoms with Crippen molar-refractivity contribution in [2.45, 2.75) is 110 Å². The molecule has 0 aromatic carbocycles. The lowest BCUT2D eigenvalue weighted by atomic mass is 9.47. The molecule has 6 rings (SSSR count). The summed E-state index contributed by atoms with van der Waals surface area (Å²) in [7, 11) is 2.00. The molecule has 0 bridgehead atoms.